The van der Waals surface area contributed by atoms with Gasteiger partial charge in [-0.1, -0.05) is 13.0 Å². The summed E-state index contributed by atoms with van der Waals surface area (Å²) in [7, 11) is 0. The summed E-state index contributed by atoms with van der Waals surface area (Å²) < 4.78 is 5.39. The molecule has 0 radical (unpaired) electrons. The number of thioether (sulfide) groups is 1. The molecule has 1 aromatic carbocycles. The van der Waals surface area contributed by atoms with Crippen LogP contribution in [0.25, 0.3) is 0 Å². The number of carbonyl (C=O) groups is 2. The molecule has 2 heterocycles. The van der Waals surface area contributed by atoms with Crippen LogP contribution in [0.5, 0.6) is 0 Å². The van der Waals surface area contributed by atoms with Crippen molar-refractivity contribution in [2.45, 2.75) is 26.7 Å². The molecule has 2 amide bonds. The Balaban J connectivity index is 1.72. The first-order valence-corrected chi connectivity index (χ1v) is 9.75. The van der Waals surface area contributed by atoms with Gasteiger partial charge in [0.25, 0.3) is 11.8 Å². The van der Waals surface area contributed by atoms with E-state index >= 15 is 0 Å². The van der Waals surface area contributed by atoms with E-state index in [-0.39, 0.29) is 11.8 Å². The van der Waals surface area contributed by atoms with Crippen molar-refractivity contribution in [2.24, 2.45) is 5.92 Å². The van der Waals surface area contributed by atoms with E-state index in [9.17, 15) is 9.59 Å². The molecule has 1 saturated heterocycles. The lowest BCUT2D eigenvalue weighted by Crippen LogP contribution is -2.37. The molecule has 2 aliphatic rings. The summed E-state index contributed by atoms with van der Waals surface area (Å²) in [4.78, 5) is 27.0. The Morgan fingerprint density at radius 3 is 2.72 bits per heavy atom. The Hall–Kier alpha value is -1.95. The molecule has 25 heavy (non-hydrogen) atoms. The molecule has 0 spiro atoms. The van der Waals surface area contributed by atoms with Crippen molar-refractivity contribution in [1.82, 2.24) is 4.90 Å². The van der Waals surface area contributed by atoms with Crippen LogP contribution in [-0.2, 0) is 9.53 Å². The van der Waals surface area contributed by atoms with Crippen LogP contribution in [0.3, 0.4) is 0 Å². The van der Waals surface area contributed by atoms with Crippen LogP contribution in [0.2, 0.25) is 0 Å². The van der Waals surface area contributed by atoms with Gasteiger partial charge in [0.1, 0.15) is 0 Å². The molecular formula is C19H24N2O3S. The molecule has 0 unspecified atom stereocenters. The fourth-order valence-corrected chi connectivity index (χ4v) is 3.58. The SMILES string of the molecule is Cc1ccc(C(=O)N2CCC(C)CC2)cc1NC(=O)C1=CSCCO1. The molecule has 1 aromatic rings. The minimum Gasteiger partial charge on any atom is -0.487 e. The molecule has 6 heteroatoms. The zero-order valence-corrected chi connectivity index (χ0v) is 15.5. The number of amides is 2. The second kappa shape index (κ2) is 7.95. The number of rotatable bonds is 3. The van der Waals surface area contributed by atoms with Gasteiger partial charge in [0.15, 0.2) is 5.76 Å². The lowest BCUT2D eigenvalue weighted by molar-refractivity contribution is -0.116. The molecule has 1 fully saturated rings. The Labute approximate surface area is 152 Å². The Kier molecular flexibility index (Phi) is 5.68. The molecule has 2 aliphatic heterocycles. The summed E-state index contributed by atoms with van der Waals surface area (Å²) >= 11 is 1.56. The molecule has 1 N–H and O–H groups in total. The third-order valence-electron chi connectivity index (χ3n) is 4.68. The van der Waals surface area contributed by atoms with Crippen LogP contribution in [0.15, 0.2) is 29.4 Å². The summed E-state index contributed by atoms with van der Waals surface area (Å²) in [6, 6.07) is 5.47. The standard InChI is InChI=1S/C19H24N2O3S/c1-13-5-7-21(8-6-13)19(23)15-4-3-14(2)16(11-15)20-18(22)17-12-25-10-9-24-17/h3-4,11-13H,5-10H2,1-2H3,(H,20,22). The van der Waals surface area contributed by atoms with E-state index in [1.165, 1.54) is 0 Å². The van der Waals surface area contributed by atoms with Gasteiger partial charge in [0.2, 0.25) is 0 Å². The van der Waals surface area contributed by atoms with Crippen molar-refractivity contribution < 1.29 is 14.3 Å². The van der Waals surface area contributed by atoms with E-state index in [2.05, 4.69) is 12.2 Å². The average molecular weight is 360 g/mol. The molecule has 0 aliphatic carbocycles. The molecule has 5 nitrogen and oxygen atoms in total. The third-order valence-corrected chi connectivity index (χ3v) is 5.46. The minimum atomic E-state index is -0.272. The van der Waals surface area contributed by atoms with Gasteiger partial charge in [-0.05, 0) is 43.4 Å². The van der Waals surface area contributed by atoms with Crippen LogP contribution in [0.1, 0.15) is 35.7 Å². The number of hydrogen-bond donors (Lipinski definition) is 1. The van der Waals surface area contributed by atoms with Gasteiger partial charge in [0, 0.05) is 35.5 Å². The number of nitrogens with zero attached hydrogens (tertiary/aromatic N) is 1. The van der Waals surface area contributed by atoms with Crippen molar-refractivity contribution in [1.29, 1.82) is 0 Å². The minimum absolute atomic E-state index is 0.0334. The molecular weight excluding hydrogens is 336 g/mol. The highest BCUT2D eigenvalue weighted by atomic mass is 32.2. The highest BCUT2D eigenvalue weighted by molar-refractivity contribution is 8.02. The van der Waals surface area contributed by atoms with Gasteiger partial charge < -0.3 is 15.0 Å². The van der Waals surface area contributed by atoms with Gasteiger partial charge in [-0.25, -0.2) is 0 Å². The molecule has 0 aromatic heterocycles. The number of hydrogen-bond acceptors (Lipinski definition) is 4. The largest absolute Gasteiger partial charge is 0.487 e. The smallest absolute Gasteiger partial charge is 0.291 e. The lowest BCUT2D eigenvalue weighted by Gasteiger charge is -2.30. The van der Waals surface area contributed by atoms with E-state index in [0.29, 0.717) is 29.5 Å². The summed E-state index contributed by atoms with van der Waals surface area (Å²) in [5, 5.41) is 4.60. The maximum atomic E-state index is 12.7. The van der Waals surface area contributed by atoms with Gasteiger partial charge in [-0.2, -0.15) is 0 Å². The van der Waals surface area contributed by atoms with Gasteiger partial charge in [0.05, 0.1) is 6.61 Å². The maximum Gasteiger partial charge on any atom is 0.291 e. The second-order valence-electron chi connectivity index (χ2n) is 6.66. The number of carbonyl (C=O) groups excluding carboxylic acids is 2. The Morgan fingerprint density at radius 1 is 1.28 bits per heavy atom. The number of nitrogens with one attached hydrogen (secondary N) is 1. The predicted octanol–water partition coefficient (Wildman–Crippen LogP) is 3.41. The monoisotopic (exact) mass is 360 g/mol. The Morgan fingerprint density at radius 2 is 2.04 bits per heavy atom. The van der Waals surface area contributed by atoms with E-state index in [1.54, 1.807) is 23.2 Å². The van der Waals surface area contributed by atoms with Crippen LogP contribution < -0.4 is 5.32 Å². The fraction of sp³-hybridized carbons (Fsp3) is 0.474. The highest BCUT2D eigenvalue weighted by Crippen LogP contribution is 2.23. The normalized spacial score (nSPS) is 18.3. The second-order valence-corrected chi connectivity index (χ2v) is 7.64. The van der Waals surface area contributed by atoms with Crippen LogP contribution in [0.4, 0.5) is 5.69 Å². The first-order valence-electron chi connectivity index (χ1n) is 8.70. The highest BCUT2D eigenvalue weighted by Gasteiger charge is 2.22. The zero-order valence-electron chi connectivity index (χ0n) is 14.7. The van der Waals surface area contributed by atoms with Crippen molar-refractivity contribution in [3.8, 4) is 0 Å². The number of ether oxygens (including phenoxy) is 1. The Bertz CT molecular complexity index is 694. The summed E-state index contributed by atoms with van der Waals surface area (Å²) in [5.74, 6) is 1.63. The quantitative estimate of drug-likeness (QED) is 0.897. The van der Waals surface area contributed by atoms with Crippen molar-refractivity contribution in [2.75, 3.05) is 30.8 Å². The van der Waals surface area contributed by atoms with Crippen LogP contribution >= 0.6 is 11.8 Å². The van der Waals surface area contributed by atoms with Gasteiger partial charge in [-0.3, -0.25) is 9.59 Å². The third kappa shape index (κ3) is 4.37. The number of aryl methyl sites for hydroxylation is 1. The summed E-state index contributed by atoms with van der Waals surface area (Å²) in [5.41, 5.74) is 2.19. The summed E-state index contributed by atoms with van der Waals surface area (Å²) in [6.45, 7) is 6.27. The molecule has 134 valence electrons. The van der Waals surface area contributed by atoms with Crippen LogP contribution in [0, 0.1) is 12.8 Å². The van der Waals surface area contributed by atoms with E-state index in [1.807, 2.05) is 24.0 Å². The van der Waals surface area contributed by atoms with Crippen LogP contribution in [-0.4, -0.2) is 42.2 Å². The van der Waals surface area contributed by atoms with Crippen molar-refractivity contribution in [3.05, 3.63) is 40.5 Å². The number of piperidine rings is 1. The van der Waals surface area contributed by atoms with Gasteiger partial charge >= 0.3 is 0 Å². The van der Waals surface area contributed by atoms with E-state index in [0.717, 1.165) is 37.2 Å². The number of benzene rings is 1. The van der Waals surface area contributed by atoms with E-state index in [4.69, 9.17) is 4.74 Å². The lowest BCUT2D eigenvalue weighted by atomic mass is 9.98. The zero-order chi connectivity index (χ0) is 17.8. The van der Waals surface area contributed by atoms with Crippen molar-refractivity contribution in [3.63, 3.8) is 0 Å². The summed E-state index contributed by atoms with van der Waals surface area (Å²) in [6.07, 6.45) is 2.09. The molecule has 0 atom stereocenters. The number of anilines is 1. The molecule has 3 rings (SSSR count). The average Bonchev–Trinajstić information content (AvgIpc) is 2.64. The first kappa shape index (κ1) is 17.9. The molecule has 0 saturated carbocycles. The molecule has 0 bridgehead atoms. The van der Waals surface area contributed by atoms with Gasteiger partial charge in [-0.15, -0.1) is 11.8 Å². The first-order chi connectivity index (χ1) is 12.0. The fourth-order valence-electron chi connectivity index (χ4n) is 2.96. The topological polar surface area (TPSA) is 58.6 Å². The number of likely N-dealkylation sites (tertiary alicyclic amines) is 1. The predicted molar refractivity (Wildman–Crippen MR) is 101 cm³/mol. The maximum absolute atomic E-state index is 12.7. The van der Waals surface area contributed by atoms with E-state index < -0.39 is 0 Å². The van der Waals surface area contributed by atoms with Crippen molar-refractivity contribution >= 4 is 29.3 Å².